The lowest BCUT2D eigenvalue weighted by molar-refractivity contribution is -0.124. The van der Waals surface area contributed by atoms with Crippen molar-refractivity contribution in [1.29, 1.82) is 0 Å². The summed E-state index contributed by atoms with van der Waals surface area (Å²) in [6.45, 7) is 0. The number of aliphatic imine (C=N–C) groups is 1. The van der Waals surface area contributed by atoms with Crippen molar-refractivity contribution in [2.45, 2.75) is 0 Å². The Bertz CT molecular complexity index is 683. The van der Waals surface area contributed by atoms with Crippen molar-refractivity contribution in [2.24, 2.45) is 10.1 Å². The van der Waals surface area contributed by atoms with Crippen molar-refractivity contribution in [2.75, 3.05) is 5.75 Å². The Labute approximate surface area is 127 Å². The highest BCUT2D eigenvalue weighted by Gasteiger charge is 2.27. The average Bonchev–Trinajstić information content (AvgIpc) is 2.87. The zero-order valence-electron chi connectivity index (χ0n) is 11.2. The van der Waals surface area contributed by atoms with Crippen LogP contribution < -0.4 is 0 Å². The van der Waals surface area contributed by atoms with Gasteiger partial charge in [0.25, 0.3) is 5.91 Å². The molecule has 0 aliphatic carbocycles. The molecule has 21 heavy (non-hydrogen) atoms. The number of para-hydroxylation sites is 1. The van der Waals surface area contributed by atoms with Gasteiger partial charge in [0.15, 0.2) is 5.17 Å². The highest BCUT2D eigenvalue weighted by Crippen LogP contribution is 2.23. The van der Waals surface area contributed by atoms with Gasteiger partial charge in [0, 0.05) is 0 Å². The van der Waals surface area contributed by atoms with Gasteiger partial charge in [-0.2, -0.15) is 10.1 Å². The summed E-state index contributed by atoms with van der Waals surface area (Å²) in [4.78, 5) is 16.4. The van der Waals surface area contributed by atoms with Crippen LogP contribution in [0.1, 0.15) is 5.56 Å². The van der Waals surface area contributed by atoms with Crippen LogP contribution in [0, 0.1) is 0 Å². The fraction of sp³-hybridized carbons (Fsp3) is 0.0625. The summed E-state index contributed by atoms with van der Waals surface area (Å²) in [6, 6.07) is 19.2. The molecule has 1 saturated heterocycles. The maximum absolute atomic E-state index is 11.9. The van der Waals surface area contributed by atoms with E-state index in [1.54, 1.807) is 6.21 Å². The van der Waals surface area contributed by atoms with Crippen molar-refractivity contribution in [3.05, 3.63) is 66.2 Å². The third kappa shape index (κ3) is 3.38. The SMILES string of the molecule is O=C1CSC(=Nc2ccccc2)N1/N=C/c1ccccc1. The second-order valence-electron chi connectivity index (χ2n) is 4.38. The Hall–Kier alpha value is -2.40. The van der Waals surface area contributed by atoms with E-state index < -0.39 is 0 Å². The van der Waals surface area contributed by atoms with Gasteiger partial charge in [0.2, 0.25) is 0 Å². The monoisotopic (exact) mass is 295 g/mol. The smallest absolute Gasteiger partial charge is 0.259 e. The predicted molar refractivity (Wildman–Crippen MR) is 86.9 cm³/mol. The first-order valence-corrected chi connectivity index (χ1v) is 7.50. The minimum absolute atomic E-state index is 0.0538. The van der Waals surface area contributed by atoms with Crippen LogP contribution in [0.5, 0.6) is 0 Å². The summed E-state index contributed by atoms with van der Waals surface area (Å²) in [5.41, 5.74) is 1.76. The number of thioether (sulfide) groups is 1. The highest BCUT2D eigenvalue weighted by molar-refractivity contribution is 8.15. The topological polar surface area (TPSA) is 45.0 Å². The van der Waals surface area contributed by atoms with Gasteiger partial charge in [-0.1, -0.05) is 60.3 Å². The molecule has 3 rings (SSSR count). The quantitative estimate of drug-likeness (QED) is 0.816. The van der Waals surface area contributed by atoms with Crippen LogP contribution >= 0.6 is 11.8 Å². The number of amidine groups is 1. The molecule has 0 radical (unpaired) electrons. The van der Waals surface area contributed by atoms with E-state index in [2.05, 4.69) is 10.1 Å². The van der Waals surface area contributed by atoms with Crippen LogP contribution in [0.15, 0.2) is 70.8 Å². The van der Waals surface area contributed by atoms with Crippen molar-refractivity contribution in [3.63, 3.8) is 0 Å². The third-order valence-corrected chi connectivity index (χ3v) is 3.76. The molecule has 1 fully saturated rings. The van der Waals surface area contributed by atoms with Gasteiger partial charge in [-0.25, -0.2) is 4.99 Å². The van der Waals surface area contributed by atoms with E-state index in [0.29, 0.717) is 10.9 Å². The molecule has 0 unspecified atom stereocenters. The lowest BCUT2D eigenvalue weighted by Gasteiger charge is -2.08. The zero-order chi connectivity index (χ0) is 14.5. The van der Waals surface area contributed by atoms with Gasteiger partial charge in [0.1, 0.15) is 0 Å². The maximum Gasteiger partial charge on any atom is 0.259 e. The number of rotatable bonds is 3. The van der Waals surface area contributed by atoms with E-state index in [1.165, 1.54) is 16.8 Å². The molecule has 1 aliphatic heterocycles. The number of hydrogen-bond donors (Lipinski definition) is 0. The Morgan fingerprint density at radius 1 is 1.00 bits per heavy atom. The standard InChI is InChI=1S/C16H13N3OS/c20-15-12-21-16(18-14-9-5-2-6-10-14)19(15)17-11-13-7-3-1-4-8-13/h1-11H,12H2/b17-11+,18-16?. The Morgan fingerprint density at radius 3 is 2.38 bits per heavy atom. The molecular weight excluding hydrogens is 282 g/mol. The number of hydrazone groups is 1. The molecule has 0 saturated carbocycles. The van der Waals surface area contributed by atoms with Crippen molar-refractivity contribution >= 4 is 34.7 Å². The fourth-order valence-electron chi connectivity index (χ4n) is 1.83. The van der Waals surface area contributed by atoms with Crippen molar-refractivity contribution < 1.29 is 4.79 Å². The van der Waals surface area contributed by atoms with Gasteiger partial charge in [-0.3, -0.25) is 4.79 Å². The van der Waals surface area contributed by atoms with E-state index in [1.807, 2.05) is 60.7 Å². The number of carbonyl (C=O) groups excluding carboxylic acids is 1. The highest BCUT2D eigenvalue weighted by atomic mass is 32.2. The Balaban J connectivity index is 1.83. The number of benzene rings is 2. The third-order valence-electron chi connectivity index (χ3n) is 2.84. The molecule has 2 aromatic rings. The van der Waals surface area contributed by atoms with Gasteiger partial charge in [-0.15, -0.1) is 0 Å². The average molecular weight is 295 g/mol. The maximum atomic E-state index is 11.9. The van der Waals surface area contributed by atoms with Gasteiger partial charge >= 0.3 is 0 Å². The van der Waals surface area contributed by atoms with Crippen LogP contribution in [0.4, 0.5) is 5.69 Å². The molecule has 4 nitrogen and oxygen atoms in total. The molecule has 5 heteroatoms. The number of hydrogen-bond acceptors (Lipinski definition) is 4. The summed E-state index contributed by atoms with van der Waals surface area (Å²) < 4.78 is 0. The van der Waals surface area contributed by atoms with Crippen molar-refractivity contribution in [1.82, 2.24) is 5.01 Å². The number of amides is 1. The molecular formula is C16H13N3OS. The summed E-state index contributed by atoms with van der Waals surface area (Å²) in [5, 5.41) is 6.23. The molecule has 2 aromatic carbocycles. The van der Waals surface area contributed by atoms with Gasteiger partial charge in [-0.05, 0) is 17.7 Å². The van der Waals surface area contributed by atoms with E-state index in [-0.39, 0.29) is 5.91 Å². The minimum Gasteiger partial charge on any atom is -0.271 e. The van der Waals surface area contributed by atoms with Crippen LogP contribution in [0.3, 0.4) is 0 Å². The first-order chi connectivity index (χ1) is 10.3. The van der Waals surface area contributed by atoms with Crippen LogP contribution in [0.25, 0.3) is 0 Å². The van der Waals surface area contributed by atoms with Crippen LogP contribution in [-0.4, -0.2) is 28.1 Å². The normalized spacial score (nSPS) is 17.0. The van der Waals surface area contributed by atoms with Gasteiger partial charge in [0.05, 0.1) is 17.7 Å². The molecule has 0 aromatic heterocycles. The van der Waals surface area contributed by atoms with Gasteiger partial charge < -0.3 is 0 Å². The summed E-state index contributed by atoms with van der Waals surface area (Å²) in [5.74, 6) is 0.319. The first-order valence-electron chi connectivity index (χ1n) is 6.51. The summed E-state index contributed by atoms with van der Waals surface area (Å²) in [6.07, 6.45) is 1.67. The second kappa shape index (κ2) is 6.37. The van der Waals surface area contributed by atoms with E-state index in [9.17, 15) is 4.79 Å². The molecule has 1 aliphatic rings. The molecule has 1 heterocycles. The summed E-state index contributed by atoms with van der Waals surface area (Å²) >= 11 is 1.40. The fourth-order valence-corrected chi connectivity index (χ4v) is 2.64. The lowest BCUT2D eigenvalue weighted by Crippen LogP contribution is -2.23. The Morgan fingerprint density at radius 2 is 1.67 bits per heavy atom. The molecule has 1 amide bonds. The Kier molecular flexibility index (Phi) is 4.12. The number of carbonyl (C=O) groups is 1. The zero-order valence-corrected chi connectivity index (χ0v) is 12.0. The van der Waals surface area contributed by atoms with Crippen LogP contribution in [0.2, 0.25) is 0 Å². The first kappa shape index (κ1) is 13.6. The van der Waals surface area contributed by atoms with Crippen LogP contribution in [-0.2, 0) is 4.79 Å². The molecule has 0 atom stereocenters. The molecule has 104 valence electrons. The van der Waals surface area contributed by atoms with Crippen molar-refractivity contribution in [3.8, 4) is 0 Å². The van der Waals surface area contributed by atoms with E-state index in [4.69, 9.17) is 0 Å². The molecule has 0 spiro atoms. The predicted octanol–water partition coefficient (Wildman–Crippen LogP) is 3.28. The van der Waals surface area contributed by atoms with E-state index >= 15 is 0 Å². The van der Waals surface area contributed by atoms with E-state index in [0.717, 1.165) is 11.3 Å². The summed E-state index contributed by atoms with van der Waals surface area (Å²) in [7, 11) is 0. The second-order valence-corrected chi connectivity index (χ2v) is 5.32. The largest absolute Gasteiger partial charge is 0.271 e. The number of nitrogens with zero attached hydrogens (tertiary/aromatic N) is 3. The lowest BCUT2D eigenvalue weighted by atomic mass is 10.2. The molecule has 0 bridgehead atoms. The molecule has 0 N–H and O–H groups in total. The minimum atomic E-state index is -0.0538.